The number of aryl methyl sites for hydroxylation is 1. The molecule has 0 aliphatic carbocycles. The number of benzene rings is 1. The van der Waals surface area contributed by atoms with Crippen LogP contribution in [0.25, 0.3) is 0 Å². The lowest BCUT2D eigenvalue weighted by molar-refractivity contribution is -0.121. The van der Waals surface area contributed by atoms with E-state index >= 15 is 0 Å². The molecule has 1 unspecified atom stereocenters. The summed E-state index contributed by atoms with van der Waals surface area (Å²) in [5.74, 6) is -0.0710. The average molecular weight is 477 g/mol. The van der Waals surface area contributed by atoms with Gasteiger partial charge in [0.05, 0.1) is 17.2 Å². The summed E-state index contributed by atoms with van der Waals surface area (Å²) in [6.07, 6.45) is 1.47. The number of rotatable bonds is 8. The predicted octanol–water partition coefficient (Wildman–Crippen LogP) is 2.40. The lowest BCUT2D eigenvalue weighted by atomic mass is 10.2. The molecule has 2 heterocycles. The number of furan rings is 1. The lowest BCUT2D eigenvalue weighted by Gasteiger charge is -2.37. The van der Waals surface area contributed by atoms with Crippen molar-refractivity contribution in [2.24, 2.45) is 0 Å². The fraction of sp³-hybridized carbons (Fsp3) is 0.478. The Kier molecular flexibility index (Phi) is 7.93. The third-order valence-corrected chi connectivity index (χ3v) is 8.23. The second kappa shape index (κ2) is 10.5. The molecule has 2 amide bonds. The van der Waals surface area contributed by atoms with Gasteiger partial charge >= 0.3 is 0 Å². The maximum atomic E-state index is 13.0. The van der Waals surface area contributed by atoms with Gasteiger partial charge in [0.25, 0.3) is 5.91 Å². The topological polar surface area (TPSA) is 103 Å². The Morgan fingerprint density at radius 1 is 1.12 bits per heavy atom. The first-order valence-electron chi connectivity index (χ1n) is 11.2. The molecule has 1 N–H and O–H groups in total. The Balaban J connectivity index is 1.64. The van der Waals surface area contributed by atoms with Crippen molar-refractivity contribution in [2.75, 3.05) is 44.6 Å². The molecule has 1 saturated heterocycles. The zero-order valence-electron chi connectivity index (χ0n) is 19.6. The van der Waals surface area contributed by atoms with Crippen LogP contribution in [0.15, 0.2) is 45.9 Å². The summed E-state index contributed by atoms with van der Waals surface area (Å²) in [6.45, 7) is 9.99. The molecular formula is C23H32N4O5S. The van der Waals surface area contributed by atoms with E-state index in [2.05, 4.69) is 5.32 Å². The molecule has 9 nitrogen and oxygen atoms in total. The molecule has 1 aromatic carbocycles. The molecule has 1 aliphatic heterocycles. The van der Waals surface area contributed by atoms with Gasteiger partial charge in [0, 0.05) is 45.0 Å². The van der Waals surface area contributed by atoms with Gasteiger partial charge in [-0.2, -0.15) is 4.31 Å². The van der Waals surface area contributed by atoms with E-state index in [1.807, 2.05) is 4.90 Å². The third-order valence-electron chi connectivity index (χ3n) is 6.04. The molecule has 1 aliphatic rings. The van der Waals surface area contributed by atoms with Crippen LogP contribution in [0.5, 0.6) is 0 Å². The molecule has 1 atom stereocenters. The minimum Gasteiger partial charge on any atom is -0.459 e. The first kappa shape index (κ1) is 24.9. The molecule has 0 spiro atoms. The van der Waals surface area contributed by atoms with Gasteiger partial charge in [0.1, 0.15) is 0 Å². The Labute approximate surface area is 195 Å². The maximum Gasteiger partial charge on any atom is 0.289 e. The van der Waals surface area contributed by atoms with E-state index in [0.29, 0.717) is 56.3 Å². The van der Waals surface area contributed by atoms with E-state index < -0.39 is 16.1 Å². The number of sulfonamides is 1. The molecule has 0 bridgehead atoms. The van der Waals surface area contributed by atoms with Gasteiger partial charge in [-0.1, -0.05) is 19.9 Å². The first-order chi connectivity index (χ1) is 15.7. The van der Waals surface area contributed by atoms with Crippen LogP contribution in [-0.2, 0) is 14.8 Å². The largest absolute Gasteiger partial charge is 0.459 e. The standard InChI is InChI=1S/C23H32N4O5S/c1-5-27(6-2)33(30,31)21-16-19(10-9-17(21)3)24-22(28)18(4)25-11-13-26(14-12-25)23(29)20-8-7-15-32-20/h7-10,15-16,18H,5-6,11-14H2,1-4H3,(H,24,28). The van der Waals surface area contributed by atoms with Crippen LogP contribution in [0.3, 0.4) is 0 Å². The van der Waals surface area contributed by atoms with E-state index in [4.69, 9.17) is 4.42 Å². The number of hydrogen-bond donors (Lipinski definition) is 1. The van der Waals surface area contributed by atoms with Crippen LogP contribution in [0.2, 0.25) is 0 Å². The van der Waals surface area contributed by atoms with Crippen LogP contribution >= 0.6 is 0 Å². The van der Waals surface area contributed by atoms with Crippen LogP contribution in [0, 0.1) is 6.92 Å². The quantitative estimate of drug-likeness (QED) is 0.628. The fourth-order valence-corrected chi connectivity index (χ4v) is 5.65. The van der Waals surface area contributed by atoms with Gasteiger partial charge in [0.15, 0.2) is 5.76 Å². The average Bonchev–Trinajstić information content (AvgIpc) is 3.35. The molecule has 0 saturated carbocycles. The number of hydrogen-bond acceptors (Lipinski definition) is 6. The molecule has 1 fully saturated rings. The third kappa shape index (κ3) is 5.45. The molecule has 1 aromatic heterocycles. The van der Waals surface area contributed by atoms with Crippen molar-refractivity contribution in [1.29, 1.82) is 0 Å². The van der Waals surface area contributed by atoms with Crippen LogP contribution < -0.4 is 5.32 Å². The monoisotopic (exact) mass is 476 g/mol. The second-order valence-corrected chi connectivity index (χ2v) is 9.95. The number of carbonyl (C=O) groups excluding carboxylic acids is 2. The Hall–Kier alpha value is -2.69. The highest BCUT2D eigenvalue weighted by Gasteiger charge is 2.29. The van der Waals surface area contributed by atoms with E-state index in [-0.39, 0.29) is 16.7 Å². The normalized spacial score (nSPS) is 16.1. The van der Waals surface area contributed by atoms with Crippen molar-refractivity contribution in [1.82, 2.24) is 14.1 Å². The van der Waals surface area contributed by atoms with Crippen molar-refractivity contribution in [3.63, 3.8) is 0 Å². The lowest BCUT2D eigenvalue weighted by Crippen LogP contribution is -2.54. The number of nitrogens with one attached hydrogen (secondary N) is 1. The van der Waals surface area contributed by atoms with E-state index in [0.717, 1.165) is 0 Å². The number of piperazine rings is 1. The fourth-order valence-electron chi connectivity index (χ4n) is 3.94. The van der Waals surface area contributed by atoms with Gasteiger partial charge in [0.2, 0.25) is 15.9 Å². The molecule has 33 heavy (non-hydrogen) atoms. The number of amides is 2. The van der Waals surface area contributed by atoms with Crippen molar-refractivity contribution < 1.29 is 22.4 Å². The Morgan fingerprint density at radius 3 is 2.36 bits per heavy atom. The van der Waals surface area contributed by atoms with Gasteiger partial charge in [-0.15, -0.1) is 0 Å². The molecule has 180 valence electrons. The van der Waals surface area contributed by atoms with Crippen LogP contribution in [-0.4, -0.2) is 79.6 Å². The minimum absolute atomic E-state index is 0.154. The summed E-state index contributed by atoms with van der Waals surface area (Å²) in [7, 11) is -3.64. The summed E-state index contributed by atoms with van der Waals surface area (Å²) in [5, 5.41) is 2.85. The summed E-state index contributed by atoms with van der Waals surface area (Å²) in [4.78, 5) is 29.2. The zero-order chi connectivity index (χ0) is 24.2. The number of carbonyl (C=O) groups is 2. The highest BCUT2D eigenvalue weighted by atomic mass is 32.2. The predicted molar refractivity (Wildman–Crippen MR) is 126 cm³/mol. The number of anilines is 1. The summed E-state index contributed by atoms with van der Waals surface area (Å²) >= 11 is 0. The van der Waals surface area contributed by atoms with Gasteiger partial charge in [-0.3, -0.25) is 14.5 Å². The zero-order valence-corrected chi connectivity index (χ0v) is 20.4. The second-order valence-electron chi connectivity index (χ2n) is 8.04. The molecular weight excluding hydrogens is 444 g/mol. The first-order valence-corrected chi connectivity index (χ1v) is 12.6. The highest BCUT2D eigenvalue weighted by Crippen LogP contribution is 2.24. The highest BCUT2D eigenvalue weighted by molar-refractivity contribution is 7.89. The molecule has 10 heteroatoms. The molecule has 2 aromatic rings. The van der Waals surface area contributed by atoms with Gasteiger partial charge in [-0.25, -0.2) is 8.42 Å². The van der Waals surface area contributed by atoms with Gasteiger partial charge < -0.3 is 14.6 Å². The smallest absolute Gasteiger partial charge is 0.289 e. The van der Waals surface area contributed by atoms with E-state index in [1.54, 1.807) is 56.9 Å². The number of nitrogens with zero attached hydrogens (tertiary/aromatic N) is 3. The summed E-state index contributed by atoms with van der Waals surface area (Å²) in [6, 6.07) is 7.82. The van der Waals surface area contributed by atoms with Crippen molar-refractivity contribution >= 4 is 27.5 Å². The summed E-state index contributed by atoms with van der Waals surface area (Å²) < 4.78 is 32.5. The van der Waals surface area contributed by atoms with Crippen molar-refractivity contribution in [2.45, 2.75) is 38.6 Å². The Morgan fingerprint density at radius 2 is 1.79 bits per heavy atom. The summed E-state index contributed by atoms with van der Waals surface area (Å²) in [5.41, 5.74) is 1.07. The van der Waals surface area contributed by atoms with Gasteiger partial charge in [-0.05, 0) is 43.7 Å². The Bertz CT molecular complexity index is 1070. The minimum atomic E-state index is -3.64. The van der Waals surface area contributed by atoms with Crippen molar-refractivity contribution in [3.05, 3.63) is 47.9 Å². The SMILES string of the molecule is CCN(CC)S(=O)(=O)c1cc(NC(=O)C(C)N2CCN(C(=O)c3ccco3)CC2)ccc1C. The molecule has 3 rings (SSSR count). The maximum absolute atomic E-state index is 13.0. The molecule has 0 radical (unpaired) electrons. The van der Waals surface area contributed by atoms with E-state index in [1.165, 1.54) is 16.6 Å². The van der Waals surface area contributed by atoms with Crippen LogP contribution in [0.4, 0.5) is 5.69 Å². The van der Waals surface area contributed by atoms with Crippen LogP contribution in [0.1, 0.15) is 36.9 Å². The van der Waals surface area contributed by atoms with E-state index in [9.17, 15) is 18.0 Å². The van der Waals surface area contributed by atoms with Crippen molar-refractivity contribution in [3.8, 4) is 0 Å².